The average Bonchev–Trinajstić information content (AvgIpc) is 3.13. The van der Waals surface area contributed by atoms with E-state index in [4.69, 9.17) is 21.7 Å². The number of nitrogens with one attached hydrogen (secondary N) is 1. The molecule has 0 spiro atoms. The third-order valence-electron chi connectivity index (χ3n) is 3.78. The van der Waals surface area contributed by atoms with E-state index in [9.17, 15) is 0 Å². The van der Waals surface area contributed by atoms with Crippen LogP contribution in [0.3, 0.4) is 0 Å². The van der Waals surface area contributed by atoms with Crippen molar-refractivity contribution in [1.29, 1.82) is 0 Å². The molecule has 3 aromatic rings. The van der Waals surface area contributed by atoms with Crippen molar-refractivity contribution in [3.63, 3.8) is 0 Å². The van der Waals surface area contributed by atoms with Crippen LogP contribution in [0, 0.1) is 11.7 Å². The largest absolute Gasteiger partial charge is 0.454 e. The smallest absolute Gasteiger partial charge is 0.231 e. The number of rotatable bonds is 2. The SMILES string of the molecule is Cc1ccccc1-n1cc(-c2ccc3c(c2)OCO3)[nH]c1=S. The summed E-state index contributed by atoms with van der Waals surface area (Å²) in [5.74, 6) is 1.54. The van der Waals surface area contributed by atoms with E-state index in [2.05, 4.69) is 24.0 Å². The molecule has 0 bridgehead atoms. The van der Waals surface area contributed by atoms with Gasteiger partial charge in [-0.3, -0.25) is 4.57 Å². The van der Waals surface area contributed by atoms with Crippen molar-refractivity contribution in [2.24, 2.45) is 0 Å². The molecule has 0 aliphatic carbocycles. The second kappa shape index (κ2) is 5.03. The van der Waals surface area contributed by atoms with Crippen LogP contribution in [0.25, 0.3) is 16.9 Å². The molecule has 0 unspecified atom stereocenters. The van der Waals surface area contributed by atoms with Crippen molar-refractivity contribution < 1.29 is 9.47 Å². The molecule has 1 aromatic heterocycles. The fourth-order valence-corrected chi connectivity index (χ4v) is 2.88. The van der Waals surface area contributed by atoms with Crippen LogP contribution < -0.4 is 9.47 Å². The molecule has 2 heterocycles. The Hall–Kier alpha value is -2.53. The minimum absolute atomic E-state index is 0.277. The number of nitrogens with zero attached hydrogens (tertiary/aromatic N) is 1. The van der Waals surface area contributed by atoms with Gasteiger partial charge >= 0.3 is 0 Å². The maximum Gasteiger partial charge on any atom is 0.231 e. The zero-order valence-electron chi connectivity index (χ0n) is 12.0. The van der Waals surface area contributed by atoms with Crippen molar-refractivity contribution in [2.45, 2.75) is 6.92 Å². The molecule has 22 heavy (non-hydrogen) atoms. The van der Waals surface area contributed by atoms with E-state index < -0.39 is 0 Å². The fourth-order valence-electron chi connectivity index (χ4n) is 2.62. The number of aromatic nitrogens is 2. The zero-order chi connectivity index (χ0) is 15.1. The van der Waals surface area contributed by atoms with Gasteiger partial charge in [0.25, 0.3) is 0 Å². The Bertz CT molecular complexity index is 911. The van der Waals surface area contributed by atoms with Gasteiger partial charge < -0.3 is 14.5 Å². The van der Waals surface area contributed by atoms with Crippen molar-refractivity contribution in [3.05, 3.63) is 59.0 Å². The Kier molecular flexibility index (Phi) is 3.01. The van der Waals surface area contributed by atoms with Gasteiger partial charge in [0.05, 0.1) is 11.4 Å². The van der Waals surface area contributed by atoms with Crippen molar-refractivity contribution >= 4 is 12.2 Å². The van der Waals surface area contributed by atoms with Gasteiger partial charge in [0, 0.05) is 11.8 Å². The van der Waals surface area contributed by atoms with E-state index in [0.717, 1.165) is 28.4 Å². The molecule has 4 rings (SSSR count). The molecule has 1 aliphatic heterocycles. The summed E-state index contributed by atoms with van der Waals surface area (Å²) in [6.07, 6.45) is 2.02. The van der Waals surface area contributed by atoms with Gasteiger partial charge in [-0.05, 0) is 49.0 Å². The van der Waals surface area contributed by atoms with E-state index in [1.807, 2.05) is 41.1 Å². The lowest BCUT2D eigenvalue weighted by molar-refractivity contribution is 0.174. The van der Waals surface area contributed by atoms with Gasteiger partial charge in [0.1, 0.15) is 0 Å². The normalized spacial score (nSPS) is 12.6. The minimum Gasteiger partial charge on any atom is -0.454 e. The second-order valence-electron chi connectivity index (χ2n) is 5.20. The Morgan fingerprint density at radius 2 is 1.91 bits per heavy atom. The predicted octanol–water partition coefficient (Wildman–Crippen LogP) is 4.24. The van der Waals surface area contributed by atoms with Gasteiger partial charge in [-0.25, -0.2) is 0 Å². The first-order valence-corrected chi connectivity index (χ1v) is 7.41. The molecule has 1 aliphatic rings. The van der Waals surface area contributed by atoms with Gasteiger partial charge in [0.15, 0.2) is 16.3 Å². The summed E-state index contributed by atoms with van der Waals surface area (Å²) in [5, 5.41) is 0. The van der Waals surface area contributed by atoms with Crippen LogP contribution in [-0.4, -0.2) is 16.3 Å². The Labute approximate surface area is 132 Å². The molecule has 110 valence electrons. The van der Waals surface area contributed by atoms with Crippen LogP contribution in [0.2, 0.25) is 0 Å². The number of imidazole rings is 1. The van der Waals surface area contributed by atoms with Crippen LogP contribution in [0.4, 0.5) is 0 Å². The third kappa shape index (κ3) is 2.10. The van der Waals surface area contributed by atoms with Crippen LogP contribution in [-0.2, 0) is 0 Å². The molecule has 1 N–H and O–H groups in total. The highest BCUT2D eigenvalue weighted by Gasteiger charge is 2.15. The molecule has 0 radical (unpaired) electrons. The summed E-state index contributed by atoms with van der Waals surface area (Å²) in [7, 11) is 0. The molecular weight excluding hydrogens is 296 g/mol. The summed E-state index contributed by atoms with van der Waals surface area (Å²) >= 11 is 5.47. The molecule has 2 aromatic carbocycles. The Morgan fingerprint density at radius 1 is 1.09 bits per heavy atom. The van der Waals surface area contributed by atoms with E-state index in [1.165, 1.54) is 5.56 Å². The van der Waals surface area contributed by atoms with Crippen LogP contribution in [0.15, 0.2) is 48.7 Å². The number of H-pyrrole nitrogens is 1. The number of hydrogen-bond acceptors (Lipinski definition) is 3. The van der Waals surface area contributed by atoms with E-state index >= 15 is 0 Å². The monoisotopic (exact) mass is 310 g/mol. The van der Waals surface area contributed by atoms with Gasteiger partial charge in [-0.2, -0.15) is 0 Å². The fraction of sp³-hybridized carbons (Fsp3) is 0.118. The summed E-state index contributed by atoms with van der Waals surface area (Å²) < 4.78 is 13.4. The molecule has 4 nitrogen and oxygen atoms in total. The van der Waals surface area contributed by atoms with E-state index in [1.54, 1.807) is 0 Å². The standard InChI is InChI=1S/C17H14N2O2S/c1-11-4-2-3-5-14(11)19-9-13(18-17(19)22)12-6-7-15-16(8-12)21-10-20-15/h2-9H,10H2,1H3,(H,18,22). The van der Waals surface area contributed by atoms with Crippen LogP contribution >= 0.6 is 12.2 Å². The first-order chi connectivity index (χ1) is 10.7. The van der Waals surface area contributed by atoms with E-state index in [-0.39, 0.29) is 6.79 Å². The van der Waals surface area contributed by atoms with Gasteiger partial charge in [0.2, 0.25) is 6.79 Å². The highest BCUT2D eigenvalue weighted by Crippen LogP contribution is 2.35. The average molecular weight is 310 g/mol. The molecule has 0 saturated heterocycles. The molecule has 0 atom stereocenters. The summed E-state index contributed by atoms with van der Waals surface area (Å²) in [6.45, 7) is 2.35. The summed E-state index contributed by atoms with van der Waals surface area (Å²) in [6, 6.07) is 14.0. The maximum absolute atomic E-state index is 5.47. The molecule has 0 fully saturated rings. The van der Waals surface area contributed by atoms with Crippen LogP contribution in [0.5, 0.6) is 11.5 Å². The molecule has 0 saturated carbocycles. The molecule has 5 heteroatoms. The lowest BCUT2D eigenvalue weighted by Gasteiger charge is -2.05. The number of hydrogen-bond donors (Lipinski definition) is 1. The second-order valence-corrected chi connectivity index (χ2v) is 5.58. The number of aryl methyl sites for hydroxylation is 1. The summed E-state index contributed by atoms with van der Waals surface area (Å²) in [4.78, 5) is 3.26. The van der Waals surface area contributed by atoms with E-state index in [0.29, 0.717) is 4.77 Å². The minimum atomic E-state index is 0.277. The first-order valence-electron chi connectivity index (χ1n) is 7.00. The third-order valence-corrected chi connectivity index (χ3v) is 4.08. The number of fused-ring (bicyclic) bond motifs is 1. The Morgan fingerprint density at radius 3 is 2.77 bits per heavy atom. The molecular formula is C17H14N2O2S. The summed E-state index contributed by atoms with van der Waals surface area (Å²) in [5.41, 5.74) is 4.22. The van der Waals surface area contributed by atoms with Crippen LogP contribution in [0.1, 0.15) is 5.56 Å². The van der Waals surface area contributed by atoms with Crippen molar-refractivity contribution in [3.8, 4) is 28.4 Å². The zero-order valence-corrected chi connectivity index (χ0v) is 12.8. The quantitative estimate of drug-likeness (QED) is 0.720. The van der Waals surface area contributed by atoms with Crippen molar-refractivity contribution in [2.75, 3.05) is 6.79 Å². The maximum atomic E-state index is 5.47. The lowest BCUT2D eigenvalue weighted by atomic mass is 10.1. The number of aromatic amines is 1. The van der Waals surface area contributed by atoms with Crippen molar-refractivity contribution in [1.82, 2.24) is 9.55 Å². The highest BCUT2D eigenvalue weighted by atomic mass is 32.1. The predicted molar refractivity (Wildman–Crippen MR) is 87.2 cm³/mol. The topological polar surface area (TPSA) is 39.2 Å². The Balaban J connectivity index is 1.81. The number of ether oxygens (including phenoxy) is 2. The van der Waals surface area contributed by atoms with Gasteiger partial charge in [-0.1, -0.05) is 18.2 Å². The highest BCUT2D eigenvalue weighted by molar-refractivity contribution is 7.71. The first kappa shape index (κ1) is 13.2. The lowest BCUT2D eigenvalue weighted by Crippen LogP contribution is -1.94. The molecule has 0 amide bonds. The number of benzene rings is 2. The van der Waals surface area contributed by atoms with Gasteiger partial charge in [-0.15, -0.1) is 0 Å². The number of para-hydroxylation sites is 1.